The Balaban J connectivity index is 2.79. The Morgan fingerprint density at radius 2 is 2.00 bits per heavy atom. The summed E-state index contributed by atoms with van der Waals surface area (Å²) in [5.41, 5.74) is 1.90. The first-order chi connectivity index (χ1) is 6.95. The summed E-state index contributed by atoms with van der Waals surface area (Å²) in [6.45, 7) is 3.57. The van der Waals surface area contributed by atoms with Crippen molar-refractivity contribution in [3.05, 3.63) is 29.8 Å². The van der Waals surface area contributed by atoms with Crippen molar-refractivity contribution in [3.63, 3.8) is 0 Å². The Labute approximate surface area is 90.8 Å². The zero-order chi connectivity index (χ0) is 11.5. The summed E-state index contributed by atoms with van der Waals surface area (Å²) in [6, 6.07) is 7.59. The second kappa shape index (κ2) is 4.63. The zero-order valence-corrected chi connectivity index (χ0v) is 9.93. The summed E-state index contributed by atoms with van der Waals surface area (Å²) in [7, 11) is -1.86. The lowest BCUT2D eigenvalue weighted by Gasteiger charge is -2.15. The van der Waals surface area contributed by atoms with E-state index in [1.165, 1.54) is 7.05 Å². The van der Waals surface area contributed by atoms with Gasteiger partial charge in [0.25, 0.3) is 0 Å². The number of nitrogens with one attached hydrogen (secondary N) is 2. The smallest absolute Gasteiger partial charge is 0.232 e. The van der Waals surface area contributed by atoms with Crippen molar-refractivity contribution in [2.75, 3.05) is 12.4 Å². The number of benzene rings is 1. The lowest BCUT2D eigenvalue weighted by atomic mass is 10.2. The first kappa shape index (κ1) is 12.0. The highest BCUT2D eigenvalue weighted by Crippen LogP contribution is 2.12. The van der Waals surface area contributed by atoms with E-state index in [1.54, 1.807) is 6.92 Å². The van der Waals surface area contributed by atoms with E-state index in [1.807, 2.05) is 31.2 Å². The fourth-order valence-corrected chi connectivity index (χ4v) is 1.87. The van der Waals surface area contributed by atoms with Gasteiger partial charge in [0.1, 0.15) is 5.37 Å². The van der Waals surface area contributed by atoms with Crippen molar-refractivity contribution in [3.8, 4) is 0 Å². The van der Waals surface area contributed by atoms with Crippen LogP contribution >= 0.6 is 0 Å². The average Bonchev–Trinajstić information content (AvgIpc) is 2.17. The fourth-order valence-electron chi connectivity index (χ4n) is 1.22. The maximum absolute atomic E-state index is 11.4. The van der Waals surface area contributed by atoms with Crippen LogP contribution in [0.25, 0.3) is 0 Å². The van der Waals surface area contributed by atoms with Crippen molar-refractivity contribution in [1.82, 2.24) is 4.72 Å². The molecule has 1 rings (SSSR count). The molecule has 0 aliphatic heterocycles. The van der Waals surface area contributed by atoms with Crippen molar-refractivity contribution >= 4 is 15.7 Å². The molecule has 0 amide bonds. The highest BCUT2D eigenvalue weighted by molar-refractivity contribution is 7.90. The molecule has 0 radical (unpaired) electrons. The van der Waals surface area contributed by atoms with E-state index < -0.39 is 15.4 Å². The molecular weight excluding hydrogens is 212 g/mol. The van der Waals surface area contributed by atoms with Gasteiger partial charge in [0.15, 0.2) is 0 Å². The lowest BCUT2D eigenvalue weighted by molar-refractivity contribution is 0.580. The molecule has 84 valence electrons. The second-order valence-corrected chi connectivity index (χ2v) is 5.61. The van der Waals surface area contributed by atoms with Gasteiger partial charge >= 0.3 is 0 Å². The first-order valence-electron chi connectivity index (χ1n) is 4.71. The molecule has 0 saturated heterocycles. The van der Waals surface area contributed by atoms with Crippen LogP contribution in [0.1, 0.15) is 12.5 Å². The molecule has 0 heterocycles. The van der Waals surface area contributed by atoms with Gasteiger partial charge in [-0.05, 0) is 38.6 Å². The van der Waals surface area contributed by atoms with Crippen LogP contribution in [0.4, 0.5) is 5.69 Å². The van der Waals surface area contributed by atoms with E-state index in [9.17, 15) is 8.42 Å². The number of sulfonamides is 1. The summed E-state index contributed by atoms with van der Waals surface area (Å²) in [4.78, 5) is 0. The molecule has 5 heteroatoms. The molecule has 0 aromatic heterocycles. The highest BCUT2D eigenvalue weighted by atomic mass is 32.2. The van der Waals surface area contributed by atoms with Gasteiger partial charge in [0.2, 0.25) is 10.0 Å². The molecule has 1 unspecified atom stereocenters. The number of rotatable bonds is 4. The monoisotopic (exact) mass is 228 g/mol. The van der Waals surface area contributed by atoms with Crippen LogP contribution in [0.3, 0.4) is 0 Å². The van der Waals surface area contributed by atoms with Crippen molar-refractivity contribution in [2.45, 2.75) is 19.2 Å². The van der Waals surface area contributed by atoms with Gasteiger partial charge in [-0.25, -0.2) is 13.1 Å². The van der Waals surface area contributed by atoms with Gasteiger partial charge in [-0.3, -0.25) is 0 Å². The SMILES string of the molecule is CNS(=O)(=O)C(C)Nc1cccc(C)c1. The Bertz CT molecular complexity index is 429. The highest BCUT2D eigenvalue weighted by Gasteiger charge is 2.17. The standard InChI is InChI=1S/C10H16N2O2S/c1-8-5-4-6-10(7-8)12-9(2)15(13,14)11-3/h4-7,9,11-12H,1-3H3. The maximum atomic E-state index is 11.4. The first-order valence-corrected chi connectivity index (χ1v) is 6.26. The zero-order valence-electron chi connectivity index (χ0n) is 9.11. The van der Waals surface area contributed by atoms with Crippen LogP contribution in [0.15, 0.2) is 24.3 Å². The molecule has 2 N–H and O–H groups in total. The van der Waals surface area contributed by atoms with Crippen LogP contribution in [0.5, 0.6) is 0 Å². The number of hydrogen-bond acceptors (Lipinski definition) is 3. The average molecular weight is 228 g/mol. The Hall–Kier alpha value is -1.07. The van der Waals surface area contributed by atoms with Crippen molar-refractivity contribution in [2.24, 2.45) is 0 Å². The van der Waals surface area contributed by atoms with E-state index in [0.717, 1.165) is 11.3 Å². The Morgan fingerprint density at radius 3 is 2.53 bits per heavy atom. The minimum absolute atomic E-state index is 0.649. The molecule has 15 heavy (non-hydrogen) atoms. The van der Waals surface area contributed by atoms with Crippen LogP contribution < -0.4 is 10.0 Å². The number of aryl methyl sites for hydroxylation is 1. The summed E-state index contributed by atoms with van der Waals surface area (Å²) in [5.74, 6) is 0. The minimum atomic E-state index is -3.27. The molecule has 0 aliphatic rings. The molecule has 1 aromatic carbocycles. The van der Waals surface area contributed by atoms with Crippen LogP contribution in [-0.4, -0.2) is 20.8 Å². The van der Waals surface area contributed by atoms with Crippen LogP contribution in [-0.2, 0) is 10.0 Å². The van der Waals surface area contributed by atoms with E-state index in [2.05, 4.69) is 10.0 Å². The molecule has 0 saturated carbocycles. The molecule has 0 fully saturated rings. The molecule has 0 bridgehead atoms. The third-order valence-corrected chi connectivity index (χ3v) is 3.76. The van der Waals surface area contributed by atoms with Gasteiger partial charge < -0.3 is 5.32 Å². The number of anilines is 1. The van der Waals surface area contributed by atoms with E-state index in [4.69, 9.17) is 0 Å². The molecule has 0 aliphatic carbocycles. The second-order valence-electron chi connectivity index (χ2n) is 3.41. The molecule has 0 spiro atoms. The van der Waals surface area contributed by atoms with Crippen molar-refractivity contribution < 1.29 is 8.42 Å². The summed E-state index contributed by atoms with van der Waals surface area (Å²) in [5, 5.41) is 2.27. The topological polar surface area (TPSA) is 58.2 Å². The van der Waals surface area contributed by atoms with E-state index >= 15 is 0 Å². The van der Waals surface area contributed by atoms with E-state index in [0.29, 0.717) is 0 Å². The maximum Gasteiger partial charge on any atom is 0.232 e. The molecule has 1 atom stereocenters. The van der Waals surface area contributed by atoms with Gasteiger partial charge in [-0.2, -0.15) is 0 Å². The Kier molecular flexibility index (Phi) is 3.71. The third kappa shape index (κ3) is 3.21. The predicted octanol–water partition coefficient (Wildman–Crippen LogP) is 1.30. The summed E-state index contributed by atoms with van der Waals surface area (Å²) < 4.78 is 25.1. The summed E-state index contributed by atoms with van der Waals surface area (Å²) in [6.07, 6.45) is 0. The van der Waals surface area contributed by atoms with E-state index in [-0.39, 0.29) is 0 Å². The third-order valence-electron chi connectivity index (χ3n) is 2.14. The minimum Gasteiger partial charge on any atom is -0.368 e. The van der Waals surface area contributed by atoms with Crippen LogP contribution in [0, 0.1) is 6.92 Å². The molecule has 4 nitrogen and oxygen atoms in total. The number of hydrogen-bond donors (Lipinski definition) is 2. The molecule has 1 aromatic rings. The lowest BCUT2D eigenvalue weighted by Crippen LogP contribution is -2.34. The fraction of sp³-hybridized carbons (Fsp3) is 0.400. The quantitative estimate of drug-likeness (QED) is 0.816. The predicted molar refractivity (Wildman–Crippen MR) is 62.2 cm³/mol. The van der Waals surface area contributed by atoms with Gasteiger partial charge in [-0.15, -0.1) is 0 Å². The van der Waals surface area contributed by atoms with Gasteiger partial charge in [0, 0.05) is 5.69 Å². The van der Waals surface area contributed by atoms with Crippen molar-refractivity contribution in [1.29, 1.82) is 0 Å². The van der Waals surface area contributed by atoms with Gasteiger partial charge in [0.05, 0.1) is 0 Å². The van der Waals surface area contributed by atoms with Crippen LogP contribution in [0.2, 0.25) is 0 Å². The Morgan fingerprint density at radius 1 is 1.33 bits per heavy atom. The molecular formula is C10H16N2O2S. The normalized spacial score (nSPS) is 13.5. The largest absolute Gasteiger partial charge is 0.368 e. The summed E-state index contributed by atoms with van der Waals surface area (Å²) >= 11 is 0. The van der Waals surface area contributed by atoms with Gasteiger partial charge in [-0.1, -0.05) is 12.1 Å².